The number of imide groups is 1. The molecule has 2 saturated heterocycles. The van der Waals surface area contributed by atoms with Gasteiger partial charge in [-0.1, -0.05) is 6.07 Å². The van der Waals surface area contributed by atoms with Gasteiger partial charge in [0.25, 0.3) is 11.8 Å². The van der Waals surface area contributed by atoms with E-state index >= 15 is 8.78 Å². The zero-order valence-electron chi connectivity index (χ0n) is 26.0. The van der Waals surface area contributed by atoms with Gasteiger partial charge in [0.05, 0.1) is 31.1 Å². The van der Waals surface area contributed by atoms with Gasteiger partial charge in [-0.3, -0.25) is 24.0 Å². The van der Waals surface area contributed by atoms with E-state index in [4.69, 9.17) is 13.9 Å². The summed E-state index contributed by atoms with van der Waals surface area (Å²) in [4.78, 5) is 79.8. The van der Waals surface area contributed by atoms with Crippen LogP contribution in [0.2, 0.25) is 0 Å². The van der Waals surface area contributed by atoms with Crippen LogP contribution in [0.5, 0.6) is 5.75 Å². The largest absolute Gasteiger partial charge is 0.494 e. The summed E-state index contributed by atoms with van der Waals surface area (Å²) in [6.45, 7) is 4.67. The fourth-order valence-electron chi connectivity index (χ4n) is 5.99. The normalized spacial score (nSPS) is 22.7. The molecule has 2 atom stereocenters. The monoisotopic (exact) mass is 652 g/mol. The molecule has 47 heavy (non-hydrogen) atoms. The number of hydrogen-bond acceptors (Lipinski definition) is 9. The number of Topliss-reactive ketones (excluding diaryl/α,β-unsaturated/α-hetero) is 1. The molecule has 2 N–H and O–H groups in total. The molecule has 0 unspecified atom stereocenters. The molecule has 0 aliphatic carbocycles. The third-order valence-corrected chi connectivity index (χ3v) is 8.65. The van der Waals surface area contributed by atoms with Crippen molar-refractivity contribution in [1.29, 1.82) is 0 Å². The Morgan fingerprint density at radius 2 is 1.79 bits per heavy atom. The molecule has 3 aliphatic rings. The molecular formula is C32H30F2N4O9. The molecule has 2 fully saturated rings. The number of halogens is 2. The van der Waals surface area contributed by atoms with Gasteiger partial charge in [-0.25, -0.2) is 18.5 Å². The number of benzene rings is 2. The molecule has 0 spiro atoms. The van der Waals surface area contributed by atoms with Crippen molar-refractivity contribution in [2.45, 2.75) is 51.7 Å². The van der Waals surface area contributed by atoms with Crippen molar-refractivity contribution in [1.82, 2.24) is 20.4 Å². The summed E-state index contributed by atoms with van der Waals surface area (Å²) >= 11 is 0. The number of amides is 5. The second-order valence-electron chi connectivity index (χ2n) is 12.9. The zero-order valence-corrected chi connectivity index (χ0v) is 26.0. The number of nitrogens with zero attached hydrogens (tertiary/aromatic N) is 2. The summed E-state index contributed by atoms with van der Waals surface area (Å²) in [5.74, 6) is -5.71. The standard InChI is InChI=1S/C32H30F2N4O9/c1-30(2,3)28(43)46-14-38-27(42)32(36-29(38)44,13-37-12-15-6-7-19(45-5)25(34)24(15)26(37)41)22-9-16-8-17(18(33)10-20(16)47-22)31(4)21(39)11-23(40)35-31/h6-10H,11-14H2,1-5H3,(H,35,40)(H,36,44)/t31-,32+/m1/s1. The molecule has 0 radical (unpaired) electrons. The molecule has 1 aromatic heterocycles. The predicted octanol–water partition coefficient (Wildman–Crippen LogP) is 2.97. The van der Waals surface area contributed by atoms with Gasteiger partial charge < -0.3 is 29.4 Å². The van der Waals surface area contributed by atoms with Crippen LogP contribution in [-0.2, 0) is 41.5 Å². The van der Waals surface area contributed by atoms with Gasteiger partial charge in [-0.15, -0.1) is 0 Å². The van der Waals surface area contributed by atoms with Gasteiger partial charge in [0, 0.05) is 23.6 Å². The van der Waals surface area contributed by atoms with E-state index in [2.05, 4.69) is 10.6 Å². The third-order valence-electron chi connectivity index (χ3n) is 8.65. The number of furan rings is 1. The number of fused-ring (bicyclic) bond motifs is 2. The highest BCUT2D eigenvalue weighted by molar-refractivity contribution is 6.11. The van der Waals surface area contributed by atoms with E-state index in [0.717, 1.165) is 11.0 Å². The molecule has 3 aliphatic heterocycles. The van der Waals surface area contributed by atoms with Crippen molar-refractivity contribution in [3.8, 4) is 5.75 Å². The Balaban J connectivity index is 1.42. The maximum Gasteiger partial charge on any atom is 0.328 e. The van der Waals surface area contributed by atoms with Crippen molar-refractivity contribution in [3.05, 3.63) is 64.4 Å². The first-order valence-electron chi connectivity index (χ1n) is 14.5. The number of nitrogens with one attached hydrogen (secondary N) is 2. The van der Waals surface area contributed by atoms with E-state index in [1.807, 2.05) is 0 Å². The molecule has 246 valence electrons. The number of rotatable bonds is 7. The number of ketones is 1. The van der Waals surface area contributed by atoms with Crippen molar-refractivity contribution >= 4 is 46.5 Å². The van der Waals surface area contributed by atoms with Crippen molar-refractivity contribution in [3.63, 3.8) is 0 Å². The van der Waals surface area contributed by atoms with Crippen LogP contribution in [0.3, 0.4) is 0 Å². The van der Waals surface area contributed by atoms with E-state index in [1.54, 1.807) is 20.8 Å². The highest BCUT2D eigenvalue weighted by atomic mass is 19.1. The Labute approximate surface area is 266 Å². The number of esters is 1. The molecule has 5 amide bonds. The summed E-state index contributed by atoms with van der Waals surface area (Å²) in [6.07, 6.45) is -0.428. The molecule has 3 aromatic rings. The lowest BCUT2D eigenvalue weighted by Crippen LogP contribution is -2.52. The topological polar surface area (TPSA) is 165 Å². The molecule has 0 saturated carbocycles. The number of hydrogen-bond donors (Lipinski definition) is 2. The summed E-state index contributed by atoms with van der Waals surface area (Å²) in [5.41, 5.74) is -4.92. The summed E-state index contributed by atoms with van der Waals surface area (Å²) < 4.78 is 46.8. The average Bonchev–Trinajstić information content (AvgIpc) is 3.69. The van der Waals surface area contributed by atoms with Gasteiger partial charge >= 0.3 is 12.0 Å². The Bertz CT molecular complexity index is 1930. The molecule has 6 rings (SSSR count). The van der Waals surface area contributed by atoms with Crippen LogP contribution in [0.25, 0.3) is 11.0 Å². The Morgan fingerprint density at radius 3 is 2.43 bits per heavy atom. The van der Waals surface area contributed by atoms with Crippen molar-refractivity contribution in [2.75, 3.05) is 20.4 Å². The Hall–Kier alpha value is -5.34. The van der Waals surface area contributed by atoms with Crippen LogP contribution in [-0.4, -0.2) is 65.7 Å². The highest BCUT2D eigenvalue weighted by Gasteiger charge is 2.57. The summed E-state index contributed by atoms with van der Waals surface area (Å²) in [7, 11) is 1.25. The van der Waals surface area contributed by atoms with Gasteiger partial charge in [0.1, 0.15) is 22.7 Å². The minimum atomic E-state index is -2.14. The van der Waals surface area contributed by atoms with E-state index in [-0.39, 0.29) is 40.2 Å². The summed E-state index contributed by atoms with van der Waals surface area (Å²) in [5, 5.41) is 5.26. The van der Waals surface area contributed by atoms with E-state index in [1.165, 1.54) is 38.3 Å². The fourth-order valence-corrected chi connectivity index (χ4v) is 5.99. The lowest BCUT2D eigenvalue weighted by atomic mass is 9.88. The number of ether oxygens (including phenoxy) is 2. The highest BCUT2D eigenvalue weighted by Crippen LogP contribution is 2.40. The van der Waals surface area contributed by atoms with Crippen LogP contribution in [0, 0.1) is 17.0 Å². The first-order valence-corrected chi connectivity index (χ1v) is 14.5. The second-order valence-corrected chi connectivity index (χ2v) is 12.9. The molecular weight excluding hydrogens is 622 g/mol. The third kappa shape index (κ3) is 4.87. The van der Waals surface area contributed by atoms with E-state index in [9.17, 15) is 28.8 Å². The average molecular weight is 653 g/mol. The molecule has 0 bridgehead atoms. The van der Waals surface area contributed by atoms with Crippen LogP contribution >= 0.6 is 0 Å². The fraction of sp³-hybridized carbons (Fsp3) is 0.375. The SMILES string of the molecule is COc1ccc2c(c1F)C(=O)N(C[C@@]1(c3cc4cc([C@@]5(C)NC(=O)CC5=O)c(F)cc4o3)NC(=O)N(COC(=O)C(C)(C)C)C1=O)C2. The maximum atomic E-state index is 15.4. The predicted molar refractivity (Wildman–Crippen MR) is 156 cm³/mol. The first-order chi connectivity index (χ1) is 22.0. The smallest absolute Gasteiger partial charge is 0.328 e. The summed E-state index contributed by atoms with van der Waals surface area (Å²) in [6, 6.07) is 5.49. The lowest BCUT2D eigenvalue weighted by Gasteiger charge is -2.29. The maximum absolute atomic E-state index is 15.4. The second kappa shape index (κ2) is 10.6. The molecule has 2 aromatic carbocycles. The minimum Gasteiger partial charge on any atom is -0.494 e. The Kier molecular flexibility index (Phi) is 7.14. The van der Waals surface area contributed by atoms with Gasteiger partial charge in [-0.05, 0) is 51.5 Å². The van der Waals surface area contributed by atoms with Crippen LogP contribution in [0.4, 0.5) is 13.6 Å². The van der Waals surface area contributed by atoms with Gasteiger partial charge in [0.2, 0.25) is 5.91 Å². The van der Waals surface area contributed by atoms with Crippen molar-refractivity contribution in [2.24, 2.45) is 5.41 Å². The van der Waals surface area contributed by atoms with Crippen LogP contribution in [0.15, 0.2) is 34.7 Å². The van der Waals surface area contributed by atoms with Crippen LogP contribution < -0.4 is 15.4 Å². The molecule has 15 heteroatoms. The molecule has 4 heterocycles. The number of methoxy groups -OCH3 is 1. The lowest BCUT2D eigenvalue weighted by molar-refractivity contribution is -0.158. The van der Waals surface area contributed by atoms with Gasteiger partial charge in [0.15, 0.2) is 29.6 Å². The minimum absolute atomic E-state index is 0.0764. The first kappa shape index (κ1) is 31.6. The number of carbonyl (C=O) groups is 6. The molecule has 13 nitrogen and oxygen atoms in total. The van der Waals surface area contributed by atoms with Gasteiger partial charge in [-0.2, -0.15) is 0 Å². The van der Waals surface area contributed by atoms with E-state index in [0.29, 0.717) is 10.5 Å². The number of carbonyl (C=O) groups excluding carboxylic acids is 6. The van der Waals surface area contributed by atoms with Crippen LogP contribution in [0.1, 0.15) is 61.4 Å². The van der Waals surface area contributed by atoms with Crippen molar-refractivity contribution < 1.29 is 51.4 Å². The van der Waals surface area contributed by atoms with E-state index < -0.39 is 83.3 Å². The zero-order chi connectivity index (χ0) is 34.2. The quantitative estimate of drug-likeness (QED) is 0.222. The number of urea groups is 1. The Morgan fingerprint density at radius 1 is 1.06 bits per heavy atom.